The lowest BCUT2D eigenvalue weighted by Gasteiger charge is -2.22. The number of aryl methyl sites for hydroxylation is 2. The average Bonchev–Trinajstić information content (AvgIpc) is 2.42. The molecule has 0 aromatic heterocycles. The highest BCUT2D eigenvalue weighted by Gasteiger charge is 2.23. The van der Waals surface area contributed by atoms with Gasteiger partial charge < -0.3 is 0 Å². The van der Waals surface area contributed by atoms with E-state index in [-0.39, 0.29) is 5.56 Å². The van der Waals surface area contributed by atoms with E-state index in [9.17, 15) is 13.2 Å². The summed E-state index contributed by atoms with van der Waals surface area (Å²) in [4.78, 5) is 0. The number of hydrogen-bond donors (Lipinski definition) is 2. The molecule has 106 valence electrons. The molecule has 0 aliphatic heterocycles. The fourth-order valence-corrected chi connectivity index (χ4v) is 2.38. The minimum atomic E-state index is -1.49. The van der Waals surface area contributed by atoms with Gasteiger partial charge in [0.05, 0.1) is 6.04 Å². The van der Waals surface area contributed by atoms with E-state index in [0.717, 1.165) is 22.8 Å². The number of benzene rings is 2. The summed E-state index contributed by atoms with van der Waals surface area (Å²) < 4.78 is 40.3. The van der Waals surface area contributed by atoms with Crippen LogP contribution in [0.25, 0.3) is 0 Å². The van der Waals surface area contributed by atoms with Gasteiger partial charge in [0.1, 0.15) is 0 Å². The molecule has 2 rings (SSSR count). The summed E-state index contributed by atoms with van der Waals surface area (Å²) in [5.41, 5.74) is 4.97. The van der Waals surface area contributed by atoms with Crippen molar-refractivity contribution >= 4 is 0 Å². The summed E-state index contributed by atoms with van der Waals surface area (Å²) >= 11 is 0. The minimum Gasteiger partial charge on any atom is -0.271 e. The largest absolute Gasteiger partial charge is 0.271 e. The first-order chi connectivity index (χ1) is 9.47. The van der Waals surface area contributed by atoms with E-state index in [1.807, 2.05) is 32.0 Å². The molecule has 0 aliphatic carbocycles. The quantitative estimate of drug-likeness (QED) is 0.514. The molecule has 1 atom stereocenters. The molecule has 2 aromatic carbocycles. The van der Waals surface area contributed by atoms with Crippen LogP contribution in [0, 0.1) is 31.3 Å². The Hall–Kier alpha value is -1.85. The standard InChI is InChI=1S/C15H15F3N2/c1-8-4-3-5-9(2)12(8)15(20-19)10-6-7-11(16)14(18)13(10)17/h3-7,15,20H,19H2,1-2H3. The zero-order chi connectivity index (χ0) is 14.9. The van der Waals surface area contributed by atoms with E-state index in [1.165, 1.54) is 6.07 Å². The van der Waals surface area contributed by atoms with Crippen LogP contribution in [0.4, 0.5) is 13.2 Å². The Bertz CT molecular complexity index is 621. The van der Waals surface area contributed by atoms with Crippen molar-refractivity contribution < 1.29 is 13.2 Å². The number of halogens is 3. The van der Waals surface area contributed by atoms with E-state index >= 15 is 0 Å². The van der Waals surface area contributed by atoms with Crippen LogP contribution in [-0.4, -0.2) is 0 Å². The summed E-state index contributed by atoms with van der Waals surface area (Å²) in [6, 6.07) is 6.92. The van der Waals surface area contributed by atoms with Crippen LogP contribution >= 0.6 is 0 Å². The fraction of sp³-hybridized carbons (Fsp3) is 0.200. The van der Waals surface area contributed by atoms with Crippen molar-refractivity contribution in [3.8, 4) is 0 Å². The molecular weight excluding hydrogens is 265 g/mol. The second-order valence-corrected chi connectivity index (χ2v) is 4.67. The first-order valence-corrected chi connectivity index (χ1v) is 6.13. The number of hydrazine groups is 1. The molecule has 0 aliphatic rings. The zero-order valence-electron chi connectivity index (χ0n) is 11.2. The highest BCUT2D eigenvalue weighted by molar-refractivity contribution is 5.42. The predicted octanol–water partition coefficient (Wildman–Crippen LogP) is 3.27. The lowest BCUT2D eigenvalue weighted by molar-refractivity contribution is 0.433. The fourth-order valence-electron chi connectivity index (χ4n) is 2.38. The molecule has 20 heavy (non-hydrogen) atoms. The Morgan fingerprint density at radius 2 is 1.55 bits per heavy atom. The van der Waals surface area contributed by atoms with E-state index in [1.54, 1.807) is 0 Å². The lowest BCUT2D eigenvalue weighted by atomic mass is 9.91. The zero-order valence-corrected chi connectivity index (χ0v) is 11.2. The first-order valence-electron chi connectivity index (χ1n) is 6.13. The first kappa shape index (κ1) is 14.6. The molecule has 5 heteroatoms. The summed E-state index contributed by atoms with van der Waals surface area (Å²) in [6.45, 7) is 3.70. The Morgan fingerprint density at radius 1 is 0.950 bits per heavy atom. The third-order valence-corrected chi connectivity index (χ3v) is 3.37. The molecule has 0 radical (unpaired) electrons. The van der Waals surface area contributed by atoms with Crippen LogP contribution in [0.15, 0.2) is 30.3 Å². The van der Waals surface area contributed by atoms with Gasteiger partial charge in [0.25, 0.3) is 0 Å². The van der Waals surface area contributed by atoms with Crippen LogP contribution < -0.4 is 11.3 Å². The van der Waals surface area contributed by atoms with Gasteiger partial charge in [0, 0.05) is 5.56 Å². The maximum Gasteiger partial charge on any atom is 0.194 e. The number of hydrogen-bond acceptors (Lipinski definition) is 2. The molecule has 0 saturated heterocycles. The van der Waals surface area contributed by atoms with Crippen LogP contribution in [0.1, 0.15) is 28.3 Å². The molecule has 2 aromatic rings. The van der Waals surface area contributed by atoms with Gasteiger partial charge in [0.2, 0.25) is 0 Å². The molecule has 3 N–H and O–H groups in total. The van der Waals surface area contributed by atoms with Gasteiger partial charge in [-0.1, -0.05) is 24.3 Å². The predicted molar refractivity (Wildman–Crippen MR) is 71.4 cm³/mol. The highest BCUT2D eigenvalue weighted by Crippen LogP contribution is 2.30. The Balaban J connectivity index is 2.62. The summed E-state index contributed by atoms with van der Waals surface area (Å²) in [6.07, 6.45) is 0. The van der Waals surface area contributed by atoms with E-state index in [2.05, 4.69) is 5.43 Å². The topological polar surface area (TPSA) is 38.0 Å². The molecule has 0 amide bonds. The summed E-state index contributed by atoms with van der Waals surface area (Å²) in [5.74, 6) is 1.56. The minimum absolute atomic E-state index is 0.0243. The van der Waals surface area contributed by atoms with Crippen LogP contribution in [-0.2, 0) is 0 Å². The molecular formula is C15H15F3N2. The van der Waals surface area contributed by atoms with E-state index in [0.29, 0.717) is 0 Å². The average molecular weight is 280 g/mol. The maximum absolute atomic E-state index is 13.9. The van der Waals surface area contributed by atoms with Crippen molar-refractivity contribution in [2.24, 2.45) is 5.84 Å². The third kappa shape index (κ3) is 2.42. The normalized spacial score (nSPS) is 12.5. The van der Waals surface area contributed by atoms with Crippen molar-refractivity contribution in [1.29, 1.82) is 0 Å². The molecule has 0 spiro atoms. The lowest BCUT2D eigenvalue weighted by Crippen LogP contribution is -2.31. The Kier molecular flexibility index (Phi) is 4.11. The summed E-state index contributed by atoms with van der Waals surface area (Å²) in [7, 11) is 0. The number of nitrogens with two attached hydrogens (primary N) is 1. The van der Waals surface area contributed by atoms with Crippen molar-refractivity contribution in [3.63, 3.8) is 0 Å². The molecule has 0 fully saturated rings. The molecule has 1 unspecified atom stereocenters. The SMILES string of the molecule is Cc1cccc(C)c1C(NN)c1ccc(F)c(F)c1F. The van der Waals surface area contributed by atoms with Gasteiger partial charge in [-0.2, -0.15) is 0 Å². The summed E-state index contributed by atoms with van der Waals surface area (Å²) in [5, 5.41) is 0. The van der Waals surface area contributed by atoms with Crippen LogP contribution in [0.5, 0.6) is 0 Å². The smallest absolute Gasteiger partial charge is 0.194 e. The van der Waals surface area contributed by atoms with Gasteiger partial charge >= 0.3 is 0 Å². The number of rotatable bonds is 3. The Morgan fingerprint density at radius 3 is 2.10 bits per heavy atom. The van der Waals surface area contributed by atoms with Crippen molar-refractivity contribution in [2.75, 3.05) is 0 Å². The van der Waals surface area contributed by atoms with E-state index in [4.69, 9.17) is 5.84 Å². The van der Waals surface area contributed by atoms with Crippen molar-refractivity contribution in [2.45, 2.75) is 19.9 Å². The van der Waals surface area contributed by atoms with Crippen LogP contribution in [0.3, 0.4) is 0 Å². The second kappa shape index (κ2) is 5.64. The third-order valence-electron chi connectivity index (χ3n) is 3.37. The molecule has 0 saturated carbocycles. The molecule has 0 bridgehead atoms. The highest BCUT2D eigenvalue weighted by atomic mass is 19.2. The van der Waals surface area contributed by atoms with Gasteiger partial charge in [-0.25, -0.2) is 18.6 Å². The number of nitrogens with one attached hydrogen (secondary N) is 1. The van der Waals surface area contributed by atoms with E-state index < -0.39 is 23.5 Å². The van der Waals surface area contributed by atoms with Crippen molar-refractivity contribution in [1.82, 2.24) is 5.43 Å². The molecule has 2 nitrogen and oxygen atoms in total. The maximum atomic E-state index is 13.9. The van der Waals surface area contributed by atoms with Gasteiger partial charge in [-0.05, 0) is 36.6 Å². The van der Waals surface area contributed by atoms with Crippen LogP contribution in [0.2, 0.25) is 0 Å². The van der Waals surface area contributed by atoms with Gasteiger partial charge in [-0.3, -0.25) is 5.84 Å². The Labute approximate surface area is 115 Å². The molecule has 0 heterocycles. The van der Waals surface area contributed by atoms with Gasteiger partial charge in [-0.15, -0.1) is 0 Å². The van der Waals surface area contributed by atoms with Gasteiger partial charge in [0.15, 0.2) is 17.5 Å². The second-order valence-electron chi connectivity index (χ2n) is 4.67. The van der Waals surface area contributed by atoms with Crippen molar-refractivity contribution in [3.05, 3.63) is 70.0 Å². The monoisotopic (exact) mass is 280 g/mol.